The van der Waals surface area contributed by atoms with Gasteiger partial charge in [-0.25, -0.2) is 8.42 Å². The van der Waals surface area contributed by atoms with E-state index in [9.17, 15) is 13.2 Å². The molecule has 0 spiro atoms. The lowest BCUT2D eigenvalue weighted by Crippen LogP contribution is -2.30. The Balaban J connectivity index is 2.00. The highest BCUT2D eigenvalue weighted by molar-refractivity contribution is 8.01. The summed E-state index contributed by atoms with van der Waals surface area (Å²) in [6, 6.07) is 11.2. The van der Waals surface area contributed by atoms with E-state index in [2.05, 4.69) is 0 Å². The number of amides is 1. The van der Waals surface area contributed by atoms with Gasteiger partial charge in [-0.05, 0) is 35.9 Å². The van der Waals surface area contributed by atoms with Gasteiger partial charge in [0.2, 0.25) is 10.0 Å². The summed E-state index contributed by atoms with van der Waals surface area (Å²) in [6.07, 6.45) is 0. The van der Waals surface area contributed by atoms with Crippen LogP contribution in [0.5, 0.6) is 5.75 Å². The van der Waals surface area contributed by atoms with E-state index in [-0.39, 0.29) is 21.6 Å². The second kappa shape index (κ2) is 7.48. The van der Waals surface area contributed by atoms with Crippen molar-refractivity contribution in [1.29, 1.82) is 0 Å². The van der Waals surface area contributed by atoms with E-state index in [0.717, 1.165) is 5.56 Å². The highest BCUT2D eigenvalue weighted by Gasteiger charge is 2.37. The maximum Gasteiger partial charge on any atom is 0.252 e. The van der Waals surface area contributed by atoms with Crippen LogP contribution in [0.25, 0.3) is 0 Å². The number of nitrogens with zero attached hydrogens (tertiary/aromatic N) is 1. The molecule has 2 N–H and O–H groups in total. The van der Waals surface area contributed by atoms with Crippen molar-refractivity contribution in [1.82, 2.24) is 4.31 Å². The van der Waals surface area contributed by atoms with Crippen molar-refractivity contribution in [3.05, 3.63) is 58.6 Å². The number of halogens is 1. The zero-order chi connectivity index (χ0) is 18.9. The second-order valence-electron chi connectivity index (χ2n) is 5.62. The van der Waals surface area contributed by atoms with Crippen molar-refractivity contribution in [2.24, 2.45) is 5.73 Å². The smallest absolute Gasteiger partial charge is 0.252 e. The van der Waals surface area contributed by atoms with E-state index in [4.69, 9.17) is 22.1 Å². The number of hydrogen-bond donors (Lipinski definition) is 1. The van der Waals surface area contributed by atoms with E-state index >= 15 is 0 Å². The van der Waals surface area contributed by atoms with Gasteiger partial charge in [0, 0.05) is 17.3 Å². The third-order valence-corrected chi connectivity index (χ3v) is 7.55. The average Bonchev–Trinajstić information content (AvgIpc) is 3.12. The Morgan fingerprint density at radius 3 is 2.58 bits per heavy atom. The van der Waals surface area contributed by atoms with Gasteiger partial charge in [-0.3, -0.25) is 4.79 Å². The molecule has 1 unspecified atom stereocenters. The molecule has 138 valence electrons. The van der Waals surface area contributed by atoms with Crippen LogP contribution in [0.15, 0.2) is 47.4 Å². The number of carbonyl (C=O) groups excluding carboxylic acids is 1. The molecule has 1 saturated heterocycles. The third kappa shape index (κ3) is 3.55. The van der Waals surface area contributed by atoms with E-state index in [1.165, 1.54) is 41.4 Å². The summed E-state index contributed by atoms with van der Waals surface area (Å²) in [4.78, 5) is 11.6. The summed E-state index contributed by atoms with van der Waals surface area (Å²) >= 11 is 7.46. The largest absolute Gasteiger partial charge is 0.496 e. The van der Waals surface area contributed by atoms with E-state index < -0.39 is 15.9 Å². The van der Waals surface area contributed by atoms with Crippen LogP contribution in [0.1, 0.15) is 21.3 Å². The standard InChI is InChI=1S/C17H17ClN2O4S2/c1-24-15-7-6-13(10-14(15)16(19)21)26(22,23)20-8-9-25-17(20)11-2-4-12(18)5-3-11/h2-7,10,17H,8-9H2,1H3,(H2,19,21). The van der Waals surface area contributed by atoms with Gasteiger partial charge in [0.05, 0.1) is 22.9 Å². The molecule has 1 fully saturated rings. The molecule has 0 radical (unpaired) electrons. The predicted octanol–water partition coefficient (Wildman–Crippen LogP) is 2.88. The summed E-state index contributed by atoms with van der Waals surface area (Å²) in [5, 5.41) is 0.240. The Kier molecular flexibility index (Phi) is 5.47. The van der Waals surface area contributed by atoms with Gasteiger partial charge in [0.15, 0.2) is 0 Å². The molecule has 0 aliphatic carbocycles. The van der Waals surface area contributed by atoms with Crippen molar-refractivity contribution in [2.45, 2.75) is 10.3 Å². The maximum absolute atomic E-state index is 13.2. The second-order valence-corrected chi connectivity index (χ2v) is 9.13. The van der Waals surface area contributed by atoms with Gasteiger partial charge < -0.3 is 10.5 Å². The number of benzene rings is 2. The molecule has 1 aliphatic heterocycles. The lowest BCUT2D eigenvalue weighted by Gasteiger charge is -2.24. The summed E-state index contributed by atoms with van der Waals surface area (Å²) in [5.74, 6) is 0.163. The van der Waals surface area contributed by atoms with E-state index in [1.54, 1.807) is 12.1 Å². The number of carbonyl (C=O) groups is 1. The van der Waals surface area contributed by atoms with Crippen LogP contribution in [0.4, 0.5) is 0 Å². The number of hydrogen-bond acceptors (Lipinski definition) is 5. The molecule has 3 rings (SSSR count). The SMILES string of the molecule is COc1ccc(S(=O)(=O)N2CCSC2c2ccc(Cl)cc2)cc1C(N)=O. The highest BCUT2D eigenvalue weighted by atomic mass is 35.5. The fourth-order valence-electron chi connectivity index (χ4n) is 2.77. The van der Waals surface area contributed by atoms with Gasteiger partial charge in [-0.2, -0.15) is 4.31 Å². The maximum atomic E-state index is 13.2. The topological polar surface area (TPSA) is 89.7 Å². The molecule has 1 amide bonds. The number of thioether (sulfide) groups is 1. The summed E-state index contributed by atoms with van der Waals surface area (Å²) in [5.41, 5.74) is 6.23. The molecule has 2 aromatic rings. The first-order chi connectivity index (χ1) is 12.3. The fraction of sp³-hybridized carbons (Fsp3) is 0.235. The summed E-state index contributed by atoms with van der Waals surface area (Å²) < 4.78 is 32.8. The number of rotatable bonds is 5. The predicted molar refractivity (Wildman–Crippen MR) is 102 cm³/mol. The normalized spacial score (nSPS) is 18.0. The minimum Gasteiger partial charge on any atom is -0.496 e. The zero-order valence-electron chi connectivity index (χ0n) is 13.9. The van der Waals surface area contributed by atoms with Crippen molar-refractivity contribution < 1.29 is 17.9 Å². The molecule has 0 saturated carbocycles. The van der Waals surface area contributed by atoms with Crippen molar-refractivity contribution in [3.8, 4) is 5.75 Å². The van der Waals surface area contributed by atoms with E-state index in [1.807, 2.05) is 12.1 Å². The number of methoxy groups -OCH3 is 1. The molecular weight excluding hydrogens is 396 g/mol. The third-order valence-electron chi connectivity index (χ3n) is 4.05. The average molecular weight is 413 g/mol. The molecule has 1 atom stereocenters. The number of primary amides is 1. The molecule has 1 aliphatic rings. The van der Waals surface area contributed by atoms with Gasteiger partial charge >= 0.3 is 0 Å². The van der Waals surface area contributed by atoms with Crippen molar-refractivity contribution in [3.63, 3.8) is 0 Å². The molecule has 6 nitrogen and oxygen atoms in total. The van der Waals surface area contributed by atoms with Crippen LogP contribution in [0.2, 0.25) is 5.02 Å². The molecule has 26 heavy (non-hydrogen) atoms. The lowest BCUT2D eigenvalue weighted by atomic mass is 10.2. The Labute approximate surface area is 161 Å². The van der Waals surface area contributed by atoms with Crippen LogP contribution >= 0.6 is 23.4 Å². The van der Waals surface area contributed by atoms with Crippen LogP contribution in [0, 0.1) is 0 Å². The van der Waals surface area contributed by atoms with Gasteiger partial charge in [-0.1, -0.05) is 23.7 Å². The number of sulfonamides is 1. The molecule has 0 bridgehead atoms. The minimum atomic E-state index is -3.81. The number of ether oxygens (including phenoxy) is 1. The van der Waals surface area contributed by atoms with Gasteiger partial charge in [0.1, 0.15) is 5.75 Å². The summed E-state index contributed by atoms with van der Waals surface area (Å²) in [6.45, 7) is 0.373. The van der Waals surface area contributed by atoms with E-state index in [0.29, 0.717) is 17.3 Å². The van der Waals surface area contributed by atoms with Crippen LogP contribution in [0.3, 0.4) is 0 Å². The minimum absolute atomic E-state index is 0.00793. The molecule has 9 heteroatoms. The van der Waals surface area contributed by atoms with Crippen molar-refractivity contribution >= 4 is 39.3 Å². The first-order valence-electron chi connectivity index (χ1n) is 7.71. The molecule has 2 aromatic carbocycles. The number of nitrogens with two attached hydrogens (primary N) is 1. The Morgan fingerprint density at radius 2 is 1.96 bits per heavy atom. The Hall–Kier alpha value is -1.74. The van der Waals surface area contributed by atoms with Gasteiger partial charge in [0.25, 0.3) is 5.91 Å². The summed E-state index contributed by atoms with van der Waals surface area (Å²) in [7, 11) is -2.42. The van der Waals surface area contributed by atoms with Crippen molar-refractivity contribution in [2.75, 3.05) is 19.4 Å². The van der Waals surface area contributed by atoms with Crippen LogP contribution in [-0.4, -0.2) is 38.0 Å². The molecule has 0 aromatic heterocycles. The first kappa shape index (κ1) is 19.0. The Bertz CT molecular complexity index is 932. The van der Waals surface area contributed by atoms with Gasteiger partial charge in [-0.15, -0.1) is 11.8 Å². The fourth-order valence-corrected chi connectivity index (χ4v) is 6.16. The monoisotopic (exact) mass is 412 g/mol. The lowest BCUT2D eigenvalue weighted by molar-refractivity contribution is 0.0997. The highest BCUT2D eigenvalue weighted by Crippen LogP contribution is 2.42. The zero-order valence-corrected chi connectivity index (χ0v) is 16.3. The molecular formula is C17H17ClN2O4S2. The quantitative estimate of drug-likeness (QED) is 0.815. The molecule has 1 heterocycles. The van der Waals surface area contributed by atoms with Crippen LogP contribution in [-0.2, 0) is 10.0 Å². The Morgan fingerprint density at radius 1 is 1.27 bits per heavy atom. The van der Waals surface area contributed by atoms with Crippen LogP contribution < -0.4 is 10.5 Å². The first-order valence-corrected chi connectivity index (χ1v) is 10.6.